The number of aromatic nitrogens is 2. The number of hydrogen-bond donors (Lipinski definition) is 1. The van der Waals surface area contributed by atoms with Gasteiger partial charge >= 0.3 is 6.03 Å². The Balaban J connectivity index is 1.37. The fourth-order valence-electron chi connectivity index (χ4n) is 4.19. The Hall–Kier alpha value is -2.57. The molecule has 7 nitrogen and oxygen atoms in total. The molecule has 7 heteroatoms. The maximum absolute atomic E-state index is 12.9. The van der Waals surface area contributed by atoms with Gasteiger partial charge in [0.2, 0.25) is 0 Å². The van der Waals surface area contributed by atoms with Crippen LogP contribution in [0, 0.1) is 6.92 Å². The number of likely N-dealkylation sites (tertiary alicyclic amines) is 1. The van der Waals surface area contributed by atoms with Crippen LogP contribution in [0.2, 0.25) is 0 Å². The van der Waals surface area contributed by atoms with Crippen LogP contribution in [-0.4, -0.2) is 33.7 Å². The van der Waals surface area contributed by atoms with Crippen LogP contribution >= 0.6 is 0 Å². The first kappa shape index (κ1) is 19.7. The van der Waals surface area contributed by atoms with Crippen molar-refractivity contribution < 1.29 is 14.1 Å². The second-order valence-corrected chi connectivity index (χ2v) is 8.14. The first-order valence-electron chi connectivity index (χ1n) is 10.8. The molecule has 2 fully saturated rings. The molecule has 2 aliphatic rings. The molecule has 1 aliphatic heterocycles. The van der Waals surface area contributed by atoms with Crippen LogP contribution < -0.4 is 10.1 Å². The lowest BCUT2D eigenvalue weighted by Gasteiger charge is -2.35. The number of nitrogens with one attached hydrogen (secondary N) is 1. The summed E-state index contributed by atoms with van der Waals surface area (Å²) in [5.41, 5.74) is 1.18. The SMILES string of the molecule is Cc1ccc(OCc2nc(C3CCCCN3C(=O)NC3CCCCC3)no2)cc1. The Morgan fingerprint density at radius 2 is 1.90 bits per heavy atom. The van der Waals surface area contributed by atoms with E-state index in [2.05, 4.69) is 15.5 Å². The van der Waals surface area contributed by atoms with Crippen molar-refractivity contribution in [3.63, 3.8) is 0 Å². The first-order chi connectivity index (χ1) is 14.2. The van der Waals surface area contributed by atoms with Gasteiger partial charge in [0.25, 0.3) is 5.89 Å². The fraction of sp³-hybridized carbons (Fsp3) is 0.591. The number of urea groups is 1. The maximum Gasteiger partial charge on any atom is 0.318 e. The van der Waals surface area contributed by atoms with Crippen molar-refractivity contribution in [1.82, 2.24) is 20.4 Å². The summed E-state index contributed by atoms with van der Waals surface area (Å²) in [6, 6.07) is 8.00. The second-order valence-electron chi connectivity index (χ2n) is 8.14. The van der Waals surface area contributed by atoms with Gasteiger partial charge in [0, 0.05) is 12.6 Å². The highest BCUT2D eigenvalue weighted by atomic mass is 16.5. The Labute approximate surface area is 171 Å². The number of amides is 2. The molecule has 156 valence electrons. The van der Waals surface area contributed by atoms with E-state index in [9.17, 15) is 4.79 Å². The van der Waals surface area contributed by atoms with E-state index in [1.54, 1.807) is 0 Å². The lowest BCUT2D eigenvalue weighted by atomic mass is 9.95. The molecule has 1 unspecified atom stereocenters. The molecule has 0 radical (unpaired) electrons. The van der Waals surface area contributed by atoms with Crippen LogP contribution in [0.3, 0.4) is 0 Å². The number of benzene rings is 1. The summed E-state index contributed by atoms with van der Waals surface area (Å²) < 4.78 is 11.1. The van der Waals surface area contributed by atoms with Crippen LogP contribution in [0.1, 0.15) is 74.7 Å². The van der Waals surface area contributed by atoms with Gasteiger partial charge in [-0.2, -0.15) is 4.98 Å². The highest BCUT2D eigenvalue weighted by Gasteiger charge is 2.32. The topological polar surface area (TPSA) is 80.5 Å². The lowest BCUT2D eigenvalue weighted by molar-refractivity contribution is 0.140. The third-order valence-electron chi connectivity index (χ3n) is 5.86. The summed E-state index contributed by atoms with van der Waals surface area (Å²) in [5.74, 6) is 1.77. The Kier molecular flexibility index (Phi) is 6.32. The third kappa shape index (κ3) is 5.08. The zero-order valence-electron chi connectivity index (χ0n) is 17.1. The molecule has 1 atom stereocenters. The van der Waals surface area contributed by atoms with Gasteiger partial charge in [-0.3, -0.25) is 0 Å². The summed E-state index contributed by atoms with van der Waals surface area (Å²) in [5, 5.41) is 7.38. The van der Waals surface area contributed by atoms with Crippen LogP contribution in [0.25, 0.3) is 0 Å². The van der Waals surface area contributed by atoms with Crippen LogP contribution in [0.15, 0.2) is 28.8 Å². The van der Waals surface area contributed by atoms with E-state index in [1.807, 2.05) is 36.1 Å². The van der Waals surface area contributed by atoms with Crippen LogP contribution in [0.5, 0.6) is 5.75 Å². The average molecular weight is 399 g/mol. The van der Waals surface area contributed by atoms with Crippen molar-refractivity contribution >= 4 is 6.03 Å². The van der Waals surface area contributed by atoms with Gasteiger partial charge in [-0.1, -0.05) is 42.1 Å². The van der Waals surface area contributed by atoms with Crippen molar-refractivity contribution in [2.24, 2.45) is 0 Å². The predicted molar refractivity (Wildman–Crippen MR) is 109 cm³/mol. The molecule has 1 saturated carbocycles. The summed E-state index contributed by atoms with van der Waals surface area (Å²) in [6.45, 7) is 2.98. The normalized spacial score (nSPS) is 20.4. The van der Waals surface area contributed by atoms with E-state index in [-0.39, 0.29) is 18.7 Å². The molecule has 4 rings (SSSR count). The number of carbonyl (C=O) groups is 1. The van der Waals surface area contributed by atoms with E-state index < -0.39 is 0 Å². The number of piperidine rings is 1. The van der Waals surface area contributed by atoms with Gasteiger partial charge in [0.1, 0.15) is 5.75 Å². The van der Waals surface area contributed by atoms with E-state index in [1.165, 1.54) is 24.8 Å². The summed E-state index contributed by atoms with van der Waals surface area (Å²) in [4.78, 5) is 19.3. The molecular weight excluding hydrogens is 368 g/mol. The highest BCUT2D eigenvalue weighted by molar-refractivity contribution is 5.75. The fourth-order valence-corrected chi connectivity index (χ4v) is 4.19. The number of aryl methyl sites for hydroxylation is 1. The Morgan fingerprint density at radius 3 is 2.69 bits per heavy atom. The molecule has 0 spiro atoms. The van der Waals surface area contributed by atoms with Gasteiger partial charge in [-0.15, -0.1) is 0 Å². The molecular formula is C22H30N4O3. The molecule has 1 aromatic carbocycles. The Bertz CT molecular complexity index is 799. The smallest absolute Gasteiger partial charge is 0.318 e. The summed E-state index contributed by atoms with van der Waals surface area (Å²) in [6.07, 6.45) is 8.75. The van der Waals surface area contributed by atoms with Gasteiger partial charge in [-0.05, 0) is 51.2 Å². The number of rotatable bonds is 5. The van der Waals surface area contributed by atoms with Crippen molar-refractivity contribution in [2.45, 2.75) is 77.0 Å². The van der Waals surface area contributed by atoms with Gasteiger partial charge in [0.05, 0.1) is 6.04 Å². The number of hydrogen-bond acceptors (Lipinski definition) is 5. The lowest BCUT2D eigenvalue weighted by Crippen LogP contribution is -2.48. The van der Waals surface area contributed by atoms with Crippen molar-refractivity contribution in [3.05, 3.63) is 41.5 Å². The van der Waals surface area contributed by atoms with Gasteiger partial charge in [0.15, 0.2) is 12.4 Å². The summed E-state index contributed by atoms with van der Waals surface area (Å²) >= 11 is 0. The molecule has 1 aliphatic carbocycles. The van der Waals surface area contributed by atoms with E-state index in [0.717, 1.165) is 44.4 Å². The molecule has 0 bridgehead atoms. The molecule has 1 saturated heterocycles. The minimum atomic E-state index is -0.135. The number of carbonyl (C=O) groups excluding carboxylic acids is 1. The van der Waals surface area contributed by atoms with Crippen LogP contribution in [0.4, 0.5) is 4.79 Å². The monoisotopic (exact) mass is 398 g/mol. The highest BCUT2D eigenvalue weighted by Crippen LogP contribution is 2.30. The second kappa shape index (κ2) is 9.29. The predicted octanol–water partition coefficient (Wildman–Crippen LogP) is 4.53. The molecule has 2 aromatic rings. The summed E-state index contributed by atoms with van der Waals surface area (Å²) in [7, 11) is 0. The quantitative estimate of drug-likeness (QED) is 0.800. The minimum Gasteiger partial charge on any atom is -0.484 e. The maximum atomic E-state index is 12.9. The van der Waals surface area contributed by atoms with Crippen molar-refractivity contribution in [1.29, 1.82) is 0 Å². The van der Waals surface area contributed by atoms with Crippen LogP contribution in [-0.2, 0) is 6.61 Å². The largest absolute Gasteiger partial charge is 0.484 e. The zero-order valence-corrected chi connectivity index (χ0v) is 17.1. The first-order valence-corrected chi connectivity index (χ1v) is 10.8. The molecule has 2 amide bonds. The van der Waals surface area contributed by atoms with Crippen molar-refractivity contribution in [2.75, 3.05) is 6.54 Å². The van der Waals surface area contributed by atoms with Gasteiger partial charge < -0.3 is 19.5 Å². The molecule has 1 aromatic heterocycles. The molecule has 29 heavy (non-hydrogen) atoms. The number of ether oxygens (including phenoxy) is 1. The zero-order chi connectivity index (χ0) is 20.1. The molecule has 2 heterocycles. The average Bonchev–Trinajstić information content (AvgIpc) is 3.23. The van der Waals surface area contributed by atoms with Gasteiger partial charge in [-0.25, -0.2) is 4.79 Å². The van der Waals surface area contributed by atoms with E-state index >= 15 is 0 Å². The number of nitrogens with zero attached hydrogens (tertiary/aromatic N) is 3. The molecule has 1 N–H and O–H groups in total. The standard InChI is InChI=1S/C22H30N4O3/c1-16-10-12-18(13-11-16)28-15-20-24-21(25-29-20)19-9-5-6-14-26(19)22(27)23-17-7-3-2-4-8-17/h10-13,17,19H,2-9,14-15H2,1H3,(H,23,27). The van der Waals surface area contributed by atoms with E-state index in [0.29, 0.717) is 17.8 Å². The minimum absolute atomic E-state index is 0.00357. The van der Waals surface area contributed by atoms with E-state index in [4.69, 9.17) is 9.26 Å². The Morgan fingerprint density at radius 1 is 1.14 bits per heavy atom. The van der Waals surface area contributed by atoms with Crippen molar-refractivity contribution in [3.8, 4) is 5.75 Å². The third-order valence-corrected chi connectivity index (χ3v) is 5.86.